The van der Waals surface area contributed by atoms with Crippen LogP contribution in [0, 0.1) is 17.8 Å². The van der Waals surface area contributed by atoms with E-state index in [1.54, 1.807) is 0 Å². The highest BCUT2D eigenvalue weighted by Gasteiger charge is 2.24. The van der Waals surface area contributed by atoms with Gasteiger partial charge < -0.3 is 4.74 Å². The van der Waals surface area contributed by atoms with Gasteiger partial charge in [0.1, 0.15) is 5.75 Å². The van der Waals surface area contributed by atoms with Crippen LogP contribution in [-0.2, 0) is 6.42 Å². The van der Waals surface area contributed by atoms with E-state index in [2.05, 4.69) is 55.0 Å². The summed E-state index contributed by atoms with van der Waals surface area (Å²) in [6.45, 7) is 7.75. The Labute approximate surface area is 215 Å². The molecule has 3 rings (SSSR count). The number of hydrogen-bond donors (Lipinski definition) is 0. The standard InChI is InChI=1S/C32H50N2O/c1-4-6-7-15-28-16-10-11-17-29(28)18-12-23-35-31-21-19-30(20-22-31)32-33-24-27(25-34-32)14-9-8-13-26(3)5-2/h19-22,24-26,28-29H,4-18,23H2,1-3H3. The van der Waals surface area contributed by atoms with Crippen LogP contribution in [0.4, 0.5) is 0 Å². The molecule has 35 heavy (non-hydrogen) atoms. The lowest BCUT2D eigenvalue weighted by Gasteiger charge is -2.31. The first-order chi connectivity index (χ1) is 17.2. The van der Waals surface area contributed by atoms with E-state index < -0.39 is 0 Å². The van der Waals surface area contributed by atoms with Crippen LogP contribution in [0.15, 0.2) is 36.7 Å². The summed E-state index contributed by atoms with van der Waals surface area (Å²) in [5.74, 6) is 4.48. The van der Waals surface area contributed by atoms with Crippen molar-refractivity contribution in [3.05, 3.63) is 42.2 Å². The molecule has 1 heterocycles. The average Bonchev–Trinajstić information content (AvgIpc) is 2.90. The third kappa shape index (κ3) is 9.94. The second-order valence-corrected chi connectivity index (χ2v) is 11.0. The van der Waals surface area contributed by atoms with Gasteiger partial charge in [0.2, 0.25) is 0 Å². The van der Waals surface area contributed by atoms with E-state index in [4.69, 9.17) is 4.74 Å². The zero-order chi connectivity index (χ0) is 24.7. The average molecular weight is 479 g/mol. The highest BCUT2D eigenvalue weighted by Crippen LogP contribution is 2.36. The quantitative estimate of drug-likeness (QED) is 0.225. The van der Waals surface area contributed by atoms with Gasteiger partial charge >= 0.3 is 0 Å². The molecule has 3 atom stereocenters. The summed E-state index contributed by atoms with van der Waals surface area (Å²) in [7, 11) is 0. The zero-order valence-corrected chi connectivity index (χ0v) is 22.8. The van der Waals surface area contributed by atoms with E-state index >= 15 is 0 Å². The van der Waals surface area contributed by atoms with Gasteiger partial charge in [-0.3, -0.25) is 0 Å². The Kier molecular flexibility index (Phi) is 12.6. The predicted molar refractivity (Wildman–Crippen MR) is 149 cm³/mol. The molecule has 3 heteroatoms. The molecule has 0 amide bonds. The van der Waals surface area contributed by atoms with E-state index in [-0.39, 0.29) is 0 Å². The summed E-state index contributed by atoms with van der Waals surface area (Å²) in [4.78, 5) is 9.24. The summed E-state index contributed by atoms with van der Waals surface area (Å²) >= 11 is 0. The smallest absolute Gasteiger partial charge is 0.159 e. The first kappa shape index (κ1) is 27.7. The van der Waals surface area contributed by atoms with Gasteiger partial charge in [0.05, 0.1) is 6.61 Å². The van der Waals surface area contributed by atoms with E-state index in [1.807, 2.05) is 12.4 Å². The van der Waals surface area contributed by atoms with Crippen LogP contribution in [0.25, 0.3) is 11.4 Å². The molecular weight excluding hydrogens is 428 g/mol. The number of ether oxygens (including phenoxy) is 1. The maximum atomic E-state index is 6.08. The van der Waals surface area contributed by atoms with Gasteiger partial charge in [0.25, 0.3) is 0 Å². The second-order valence-electron chi connectivity index (χ2n) is 11.0. The summed E-state index contributed by atoms with van der Waals surface area (Å²) in [6.07, 6.45) is 24.0. The normalized spacial score (nSPS) is 18.9. The molecule has 3 unspecified atom stereocenters. The molecular formula is C32H50N2O. The minimum atomic E-state index is 0.798. The second kappa shape index (κ2) is 16.0. The minimum Gasteiger partial charge on any atom is -0.494 e. The minimum absolute atomic E-state index is 0.798. The third-order valence-electron chi connectivity index (χ3n) is 8.16. The van der Waals surface area contributed by atoms with Gasteiger partial charge in [-0.2, -0.15) is 0 Å². The van der Waals surface area contributed by atoms with Crippen LogP contribution in [0.5, 0.6) is 5.75 Å². The molecule has 2 aromatic rings. The molecule has 1 aliphatic carbocycles. The van der Waals surface area contributed by atoms with Crippen LogP contribution >= 0.6 is 0 Å². The Morgan fingerprint density at radius 1 is 0.857 bits per heavy atom. The Bertz CT molecular complexity index is 801. The summed E-state index contributed by atoms with van der Waals surface area (Å²) in [5.41, 5.74) is 2.29. The molecule has 1 fully saturated rings. The summed E-state index contributed by atoms with van der Waals surface area (Å²) < 4.78 is 6.08. The number of nitrogens with zero attached hydrogens (tertiary/aromatic N) is 2. The van der Waals surface area contributed by atoms with Crippen molar-refractivity contribution in [2.75, 3.05) is 6.61 Å². The Morgan fingerprint density at radius 2 is 1.54 bits per heavy atom. The van der Waals surface area contributed by atoms with Crippen LogP contribution in [-0.4, -0.2) is 16.6 Å². The fraction of sp³-hybridized carbons (Fsp3) is 0.688. The molecule has 194 valence electrons. The number of aryl methyl sites for hydroxylation is 1. The fourth-order valence-corrected chi connectivity index (χ4v) is 5.60. The first-order valence-corrected chi connectivity index (χ1v) is 14.7. The maximum absolute atomic E-state index is 6.08. The van der Waals surface area contributed by atoms with Crippen LogP contribution in [0.2, 0.25) is 0 Å². The van der Waals surface area contributed by atoms with Gasteiger partial charge in [-0.05, 0) is 73.3 Å². The Hall–Kier alpha value is -1.90. The lowest BCUT2D eigenvalue weighted by molar-refractivity contribution is 0.190. The van der Waals surface area contributed by atoms with Gasteiger partial charge in [0.15, 0.2) is 5.82 Å². The predicted octanol–water partition coefficient (Wildman–Crippen LogP) is 9.45. The molecule has 0 spiro atoms. The molecule has 1 aliphatic rings. The van der Waals surface area contributed by atoms with Crippen molar-refractivity contribution in [2.45, 2.75) is 117 Å². The summed E-state index contributed by atoms with van der Waals surface area (Å²) in [6, 6.07) is 8.30. The monoisotopic (exact) mass is 478 g/mol. The van der Waals surface area contributed by atoms with Crippen molar-refractivity contribution in [2.24, 2.45) is 17.8 Å². The van der Waals surface area contributed by atoms with Gasteiger partial charge in [0, 0.05) is 18.0 Å². The van der Waals surface area contributed by atoms with E-state index in [0.717, 1.165) is 47.9 Å². The fourth-order valence-electron chi connectivity index (χ4n) is 5.60. The molecule has 0 saturated heterocycles. The Morgan fingerprint density at radius 3 is 2.20 bits per heavy atom. The molecule has 0 radical (unpaired) electrons. The van der Waals surface area contributed by atoms with Gasteiger partial charge in [-0.15, -0.1) is 0 Å². The molecule has 1 aromatic heterocycles. The van der Waals surface area contributed by atoms with Crippen molar-refractivity contribution < 1.29 is 4.74 Å². The molecule has 1 aromatic carbocycles. The molecule has 0 bridgehead atoms. The largest absolute Gasteiger partial charge is 0.494 e. The summed E-state index contributed by atoms with van der Waals surface area (Å²) in [5, 5.41) is 0. The zero-order valence-electron chi connectivity index (χ0n) is 22.8. The van der Waals surface area contributed by atoms with E-state index in [0.29, 0.717) is 0 Å². The van der Waals surface area contributed by atoms with Crippen LogP contribution in [0.3, 0.4) is 0 Å². The highest BCUT2D eigenvalue weighted by molar-refractivity contribution is 5.55. The third-order valence-corrected chi connectivity index (χ3v) is 8.16. The van der Waals surface area contributed by atoms with E-state index in [1.165, 1.54) is 95.5 Å². The van der Waals surface area contributed by atoms with Gasteiger partial charge in [-0.25, -0.2) is 9.97 Å². The highest BCUT2D eigenvalue weighted by atomic mass is 16.5. The number of benzene rings is 1. The van der Waals surface area contributed by atoms with Crippen LogP contribution in [0.1, 0.15) is 116 Å². The molecule has 1 saturated carbocycles. The lowest BCUT2D eigenvalue weighted by Crippen LogP contribution is -2.20. The van der Waals surface area contributed by atoms with Crippen LogP contribution < -0.4 is 4.74 Å². The Balaban J connectivity index is 1.37. The van der Waals surface area contributed by atoms with Crippen molar-refractivity contribution in [3.63, 3.8) is 0 Å². The van der Waals surface area contributed by atoms with Crippen molar-refractivity contribution in [3.8, 4) is 17.1 Å². The first-order valence-electron chi connectivity index (χ1n) is 14.7. The number of hydrogen-bond acceptors (Lipinski definition) is 3. The van der Waals surface area contributed by atoms with Gasteiger partial charge in [-0.1, -0.05) is 91.4 Å². The number of unbranched alkanes of at least 4 members (excludes halogenated alkanes) is 3. The maximum Gasteiger partial charge on any atom is 0.159 e. The van der Waals surface area contributed by atoms with Crippen molar-refractivity contribution >= 4 is 0 Å². The SMILES string of the molecule is CCCCCC1CCCCC1CCCOc1ccc(-c2ncc(CCCCC(C)CC)cn2)cc1. The molecule has 0 aliphatic heterocycles. The number of rotatable bonds is 16. The molecule has 0 N–H and O–H groups in total. The van der Waals surface area contributed by atoms with Crippen molar-refractivity contribution in [1.82, 2.24) is 9.97 Å². The number of aromatic nitrogens is 2. The topological polar surface area (TPSA) is 35.0 Å². The van der Waals surface area contributed by atoms with Crippen molar-refractivity contribution in [1.29, 1.82) is 0 Å². The lowest BCUT2D eigenvalue weighted by atomic mass is 9.74. The van der Waals surface area contributed by atoms with E-state index in [9.17, 15) is 0 Å². The molecule has 3 nitrogen and oxygen atoms in total.